The topological polar surface area (TPSA) is 98.7 Å². The normalized spacial score (nSPS) is 17.4. The second kappa shape index (κ2) is 13.9. The van der Waals surface area contributed by atoms with E-state index in [2.05, 4.69) is 15.3 Å². The Labute approximate surface area is 284 Å². The number of amides is 1. The summed E-state index contributed by atoms with van der Waals surface area (Å²) >= 11 is 5.82. The molecular formula is C33H30ClF5N6O3S. The van der Waals surface area contributed by atoms with E-state index in [1.165, 1.54) is 18.2 Å². The molecule has 3 heterocycles. The number of nitrogens with zero attached hydrogens (tertiary/aromatic N) is 5. The van der Waals surface area contributed by atoms with Crippen LogP contribution in [0.1, 0.15) is 24.1 Å². The second-order valence-corrected chi connectivity index (χ2v) is 13.9. The van der Waals surface area contributed by atoms with E-state index in [0.29, 0.717) is 55.2 Å². The number of anilines is 2. The van der Waals surface area contributed by atoms with Gasteiger partial charge in [-0.25, -0.2) is 27.2 Å². The summed E-state index contributed by atoms with van der Waals surface area (Å²) in [6.07, 6.45) is -3.85. The number of hydrogen-bond acceptors (Lipinski definition) is 7. The Balaban J connectivity index is 1.23. The number of carbonyl (C=O) groups excluding carboxylic acids is 1. The highest BCUT2D eigenvalue weighted by molar-refractivity contribution is 7.89. The molecule has 1 atom stereocenters. The fourth-order valence-electron chi connectivity index (χ4n) is 5.91. The van der Waals surface area contributed by atoms with Crippen molar-refractivity contribution in [2.45, 2.75) is 36.5 Å². The third-order valence-corrected chi connectivity index (χ3v) is 10.7. The SMILES string of the molecule is O=C(NCc1cc(-c2ccc(C(F)(F)F)cc2)nc(N2CCN(c3ccccc3F)CC2)n1)[C@@H]1CCCN1S(=O)(=O)c1ccc(F)c(Cl)c1. The number of rotatable bonds is 8. The zero-order chi connectivity index (χ0) is 34.9. The summed E-state index contributed by atoms with van der Waals surface area (Å²) in [5.74, 6) is -1.43. The number of hydrogen-bond donors (Lipinski definition) is 1. The lowest BCUT2D eigenvalue weighted by molar-refractivity contribution is -0.137. The molecule has 3 aromatic carbocycles. The summed E-state index contributed by atoms with van der Waals surface area (Å²) in [4.78, 5) is 26.2. The van der Waals surface area contributed by atoms with Crippen molar-refractivity contribution in [3.05, 3.63) is 101 Å². The Morgan fingerprint density at radius 3 is 2.24 bits per heavy atom. The number of nitrogens with one attached hydrogen (secondary N) is 1. The van der Waals surface area contributed by atoms with Crippen molar-refractivity contribution in [3.8, 4) is 11.3 Å². The molecule has 2 fully saturated rings. The summed E-state index contributed by atoms with van der Waals surface area (Å²) in [7, 11) is -4.18. The molecule has 0 spiro atoms. The number of aromatic nitrogens is 2. The van der Waals surface area contributed by atoms with Crippen LogP contribution in [0.4, 0.5) is 33.6 Å². The first-order chi connectivity index (χ1) is 23.3. The first-order valence-corrected chi connectivity index (χ1v) is 17.2. The van der Waals surface area contributed by atoms with Gasteiger partial charge in [-0.15, -0.1) is 0 Å². The van der Waals surface area contributed by atoms with Crippen molar-refractivity contribution in [2.75, 3.05) is 42.5 Å². The van der Waals surface area contributed by atoms with Crippen molar-refractivity contribution < 1.29 is 35.2 Å². The summed E-state index contributed by atoms with van der Waals surface area (Å²) in [5.41, 5.74) is 0.692. The standard InChI is InChI=1S/C33H30ClF5N6O3S/c34-25-19-24(11-12-26(25)35)49(47,48)45-13-3-6-30(45)31(46)40-20-23-18-28(21-7-9-22(10-8-21)33(37,38)39)42-32(41-23)44-16-14-43(15-17-44)29-5-2-1-4-27(29)36/h1-2,4-5,7-12,18-19,30H,3,6,13-17,20H2,(H,40,46)/t30-/m0/s1. The van der Waals surface area contributed by atoms with Gasteiger partial charge in [0.2, 0.25) is 21.9 Å². The highest BCUT2D eigenvalue weighted by Crippen LogP contribution is 2.32. The van der Waals surface area contributed by atoms with Gasteiger partial charge in [0.25, 0.3) is 0 Å². The van der Waals surface area contributed by atoms with E-state index in [0.717, 1.165) is 34.6 Å². The quantitative estimate of drug-likeness (QED) is 0.227. The number of sulfonamides is 1. The maximum atomic E-state index is 14.4. The average molecular weight is 721 g/mol. The average Bonchev–Trinajstić information content (AvgIpc) is 3.60. The van der Waals surface area contributed by atoms with Crippen LogP contribution < -0.4 is 15.1 Å². The van der Waals surface area contributed by atoms with Gasteiger partial charge in [-0.2, -0.15) is 17.5 Å². The minimum atomic E-state index is -4.52. The Morgan fingerprint density at radius 1 is 0.878 bits per heavy atom. The number of carbonyl (C=O) groups is 1. The predicted octanol–water partition coefficient (Wildman–Crippen LogP) is 5.89. The minimum Gasteiger partial charge on any atom is -0.366 e. The second-order valence-electron chi connectivity index (χ2n) is 11.6. The predicted molar refractivity (Wildman–Crippen MR) is 173 cm³/mol. The van der Waals surface area contributed by atoms with Crippen LogP contribution in [0.5, 0.6) is 0 Å². The van der Waals surface area contributed by atoms with Crippen LogP contribution in [-0.4, -0.2) is 67.4 Å². The molecule has 6 rings (SSSR count). The summed E-state index contributed by atoms with van der Waals surface area (Å²) in [6.45, 7) is 1.67. The van der Waals surface area contributed by atoms with Gasteiger partial charge in [-0.1, -0.05) is 35.9 Å². The Bertz CT molecular complexity index is 1960. The Hall–Kier alpha value is -4.34. The Kier molecular flexibility index (Phi) is 9.78. The monoisotopic (exact) mass is 720 g/mol. The highest BCUT2D eigenvalue weighted by atomic mass is 35.5. The Morgan fingerprint density at radius 2 is 1.57 bits per heavy atom. The van der Waals surface area contributed by atoms with Crippen molar-refractivity contribution in [1.29, 1.82) is 0 Å². The number of benzene rings is 3. The van der Waals surface area contributed by atoms with E-state index in [1.54, 1.807) is 24.3 Å². The summed E-state index contributed by atoms with van der Waals surface area (Å²) < 4.78 is 95.7. The van der Waals surface area contributed by atoms with Crippen molar-refractivity contribution in [3.63, 3.8) is 0 Å². The van der Waals surface area contributed by atoms with Gasteiger partial charge in [0.05, 0.1) is 39.1 Å². The lowest BCUT2D eigenvalue weighted by atomic mass is 10.1. The molecule has 0 unspecified atom stereocenters. The molecule has 1 amide bonds. The maximum Gasteiger partial charge on any atom is 0.416 e. The molecule has 1 aromatic heterocycles. The van der Waals surface area contributed by atoms with E-state index >= 15 is 0 Å². The van der Waals surface area contributed by atoms with Crippen LogP contribution in [0.15, 0.2) is 77.7 Å². The van der Waals surface area contributed by atoms with E-state index < -0.39 is 39.5 Å². The number of piperazine rings is 1. The lowest BCUT2D eigenvalue weighted by Gasteiger charge is -2.36. The molecule has 2 aliphatic rings. The largest absolute Gasteiger partial charge is 0.416 e. The lowest BCUT2D eigenvalue weighted by Crippen LogP contribution is -2.47. The third kappa shape index (κ3) is 7.48. The molecule has 0 radical (unpaired) electrons. The third-order valence-electron chi connectivity index (χ3n) is 8.48. The van der Waals surface area contributed by atoms with Gasteiger partial charge in [-0.05, 0) is 61.4 Å². The van der Waals surface area contributed by atoms with Crippen LogP contribution in [0.3, 0.4) is 0 Å². The summed E-state index contributed by atoms with van der Waals surface area (Å²) in [5, 5.41) is 2.39. The van der Waals surface area contributed by atoms with Gasteiger partial charge in [0, 0.05) is 38.3 Å². The summed E-state index contributed by atoms with van der Waals surface area (Å²) in [6, 6.07) is 14.5. The molecule has 2 aliphatic heterocycles. The molecular weight excluding hydrogens is 691 g/mol. The molecule has 0 saturated carbocycles. The van der Waals surface area contributed by atoms with Crippen molar-refractivity contribution in [1.82, 2.24) is 19.6 Å². The van der Waals surface area contributed by atoms with Crippen LogP contribution in [0.2, 0.25) is 5.02 Å². The number of halogens is 6. The van der Waals surface area contributed by atoms with Gasteiger partial charge < -0.3 is 15.1 Å². The van der Waals surface area contributed by atoms with Crippen molar-refractivity contribution >= 4 is 39.2 Å². The first-order valence-electron chi connectivity index (χ1n) is 15.4. The zero-order valence-corrected chi connectivity index (χ0v) is 27.4. The van der Waals surface area contributed by atoms with Crippen LogP contribution in [-0.2, 0) is 27.5 Å². The molecule has 0 bridgehead atoms. The van der Waals surface area contributed by atoms with E-state index in [-0.39, 0.29) is 41.2 Å². The molecule has 9 nitrogen and oxygen atoms in total. The van der Waals surface area contributed by atoms with E-state index in [9.17, 15) is 35.2 Å². The van der Waals surface area contributed by atoms with E-state index in [4.69, 9.17) is 11.6 Å². The van der Waals surface area contributed by atoms with Gasteiger partial charge in [0.15, 0.2) is 0 Å². The van der Waals surface area contributed by atoms with Gasteiger partial charge in [0.1, 0.15) is 17.7 Å². The van der Waals surface area contributed by atoms with Crippen LogP contribution in [0, 0.1) is 11.6 Å². The van der Waals surface area contributed by atoms with Crippen molar-refractivity contribution in [2.24, 2.45) is 0 Å². The maximum absolute atomic E-state index is 14.4. The molecule has 4 aromatic rings. The molecule has 16 heteroatoms. The molecule has 0 aliphatic carbocycles. The molecule has 2 saturated heterocycles. The van der Waals surface area contributed by atoms with Gasteiger partial charge >= 0.3 is 6.18 Å². The highest BCUT2D eigenvalue weighted by Gasteiger charge is 2.39. The van der Waals surface area contributed by atoms with E-state index in [1.807, 2.05) is 9.80 Å². The first kappa shape index (κ1) is 34.5. The number of para-hydroxylation sites is 1. The van der Waals surface area contributed by atoms with Gasteiger partial charge in [-0.3, -0.25) is 4.79 Å². The number of alkyl halides is 3. The molecule has 258 valence electrons. The zero-order valence-electron chi connectivity index (χ0n) is 25.8. The fourth-order valence-corrected chi connectivity index (χ4v) is 7.84. The van der Waals surface area contributed by atoms with Crippen LogP contribution >= 0.6 is 11.6 Å². The fraction of sp³-hybridized carbons (Fsp3) is 0.303. The smallest absolute Gasteiger partial charge is 0.366 e. The minimum absolute atomic E-state index is 0.0734. The molecule has 49 heavy (non-hydrogen) atoms. The van der Waals surface area contributed by atoms with Crippen LogP contribution in [0.25, 0.3) is 11.3 Å². The molecule has 1 N–H and O–H groups in total.